The predicted octanol–water partition coefficient (Wildman–Crippen LogP) is 3.17. The van der Waals surface area contributed by atoms with Crippen LogP contribution in [0, 0.1) is 0 Å². The Bertz CT molecular complexity index is 1220. The normalized spacial score (nSPS) is 11.9. The van der Waals surface area contributed by atoms with E-state index < -0.39 is 18.5 Å². The lowest BCUT2D eigenvalue weighted by molar-refractivity contribution is -0.124. The second kappa shape index (κ2) is 10.5. The Morgan fingerprint density at radius 2 is 1.59 bits per heavy atom. The van der Waals surface area contributed by atoms with Crippen LogP contribution in [0.5, 0.6) is 17.2 Å². The fourth-order valence-electron chi connectivity index (χ4n) is 3.50. The van der Waals surface area contributed by atoms with E-state index in [2.05, 4.69) is 5.32 Å². The van der Waals surface area contributed by atoms with Crippen LogP contribution in [0.2, 0.25) is 0 Å². The second-order valence-corrected chi connectivity index (χ2v) is 7.40. The largest absolute Gasteiger partial charge is 0.496 e. The molecule has 0 aliphatic carbocycles. The van der Waals surface area contributed by atoms with Gasteiger partial charge in [0.2, 0.25) is 0 Å². The van der Waals surface area contributed by atoms with Crippen molar-refractivity contribution >= 4 is 17.7 Å². The van der Waals surface area contributed by atoms with E-state index in [0.29, 0.717) is 36.0 Å². The predicted molar refractivity (Wildman–Crippen MR) is 122 cm³/mol. The molecule has 0 bridgehead atoms. The molecule has 0 saturated carbocycles. The van der Waals surface area contributed by atoms with Crippen LogP contribution in [0.3, 0.4) is 0 Å². The highest BCUT2D eigenvalue weighted by Gasteiger charge is 2.22. The molecule has 0 radical (unpaired) electrons. The summed E-state index contributed by atoms with van der Waals surface area (Å²) in [7, 11) is 1.55. The van der Waals surface area contributed by atoms with Crippen molar-refractivity contribution in [3.8, 4) is 17.2 Å². The van der Waals surface area contributed by atoms with Crippen LogP contribution in [0.1, 0.15) is 31.8 Å². The third kappa shape index (κ3) is 5.17. The van der Waals surface area contributed by atoms with E-state index >= 15 is 0 Å². The lowest BCUT2D eigenvalue weighted by Crippen LogP contribution is -2.28. The first-order chi connectivity index (χ1) is 16.6. The highest BCUT2D eigenvalue weighted by molar-refractivity contribution is 6.14. The number of methoxy groups -OCH3 is 1. The SMILES string of the molecule is COc1ccccc1CNC(=O)COC(=O)c1ccccc1C(=O)c1ccc2c(c1)OCCO2. The van der Waals surface area contributed by atoms with Gasteiger partial charge in [-0.1, -0.05) is 36.4 Å². The van der Waals surface area contributed by atoms with Crippen LogP contribution in [0.15, 0.2) is 66.7 Å². The standard InChI is InChI=1S/C26H23NO7/c1-31-21-9-5-2-6-18(21)15-27-24(28)16-34-26(30)20-8-4-3-7-19(20)25(29)17-10-11-22-23(14-17)33-13-12-32-22/h2-11,14H,12-13,15-16H2,1H3,(H,27,28). The van der Waals surface area contributed by atoms with Crippen molar-refractivity contribution in [2.24, 2.45) is 0 Å². The molecule has 4 rings (SSSR count). The summed E-state index contributed by atoms with van der Waals surface area (Å²) in [5.41, 5.74) is 1.37. The number of ether oxygens (including phenoxy) is 4. The van der Waals surface area contributed by atoms with E-state index in [-0.39, 0.29) is 23.5 Å². The summed E-state index contributed by atoms with van der Waals surface area (Å²) in [5, 5.41) is 2.68. The van der Waals surface area contributed by atoms with E-state index in [9.17, 15) is 14.4 Å². The van der Waals surface area contributed by atoms with E-state index in [4.69, 9.17) is 18.9 Å². The van der Waals surface area contributed by atoms with Crippen LogP contribution in [0.25, 0.3) is 0 Å². The molecule has 3 aromatic rings. The van der Waals surface area contributed by atoms with Gasteiger partial charge in [-0.05, 0) is 30.3 Å². The minimum atomic E-state index is -0.770. The Morgan fingerprint density at radius 3 is 2.38 bits per heavy atom. The lowest BCUT2D eigenvalue weighted by Gasteiger charge is -2.18. The summed E-state index contributed by atoms with van der Waals surface area (Å²) in [5.74, 6) is 0.0684. The Labute approximate surface area is 196 Å². The minimum Gasteiger partial charge on any atom is -0.496 e. The molecule has 8 nitrogen and oxygen atoms in total. The monoisotopic (exact) mass is 461 g/mol. The number of amides is 1. The zero-order valence-electron chi connectivity index (χ0n) is 18.5. The Balaban J connectivity index is 1.40. The number of fused-ring (bicyclic) bond motifs is 1. The molecule has 0 atom stereocenters. The molecule has 0 unspecified atom stereocenters. The van der Waals surface area contributed by atoms with Crippen molar-refractivity contribution in [3.05, 3.63) is 89.0 Å². The molecule has 1 aliphatic rings. The van der Waals surface area contributed by atoms with Gasteiger partial charge in [-0.3, -0.25) is 9.59 Å². The van der Waals surface area contributed by atoms with Crippen molar-refractivity contribution in [1.29, 1.82) is 0 Å². The van der Waals surface area contributed by atoms with Crippen molar-refractivity contribution in [1.82, 2.24) is 5.32 Å². The molecule has 34 heavy (non-hydrogen) atoms. The minimum absolute atomic E-state index is 0.0694. The summed E-state index contributed by atoms with van der Waals surface area (Å²) in [4.78, 5) is 38.0. The molecule has 1 heterocycles. The average molecular weight is 461 g/mol. The van der Waals surface area contributed by atoms with E-state index in [0.717, 1.165) is 5.56 Å². The molecule has 1 amide bonds. The first-order valence-corrected chi connectivity index (χ1v) is 10.7. The summed E-state index contributed by atoms with van der Waals surface area (Å²) in [6, 6.07) is 18.4. The molecule has 0 aromatic heterocycles. The lowest BCUT2D eigenvalue weighted by atomic mass is 9.98. The van der Waals surface area contributed by atoms with Crippen LogP contribution in [-0.2, 0) is 16.1 Å². The topological polar surface area (TPSA) is 100 Å². The Kier molecular flexibility index (Phi) is 7.07. The number of para-hydroxylation sites is 1. The Morgan fingerprint density at radius 1 is 0.882 bits per heavy atom. The van der Waals surface area contributed by atoms with Crippen LogP contribution in [-0.4, -0.2) is 44.6 Å². The van der Waals surface area contributed by atoms with E-state index in [1.807, 2.05) is 18.2 Å². The number of benzene rings is 3. The zero-order valence-corrected chi connectivity index (χ0v) is 18.5. The average Bonchev–Trinajstić information content (AvgIpc) is 2.90. The van der Waals surface area contributed by atoms with E-state index in [1.165, 1.54) is 12.1 Å². The molecule has 0 fully saturated rings. The highest BCUT2D eigenvalue weighted by Crippen LogP contribution is 2.31. The number of nitrogens with one attached hydrogen (secondary N) is 1. The number of carbonyl (C=O) groups is 3. The maximum atomic E-state index is 13.1. The van der Waals surface area contributed by atoms with Crippen molar-refractivity contribution in [3.63, 3.8) is 0 Å². The Hall–Kier alpha value is -4.33. The quantitative estimate of drug-likeness (QED) is 0.406. The van der Waals surface area contributed by atoms with Gasteiger partial charge in [0.1, 0.15) is 19.0 Å². The van der Waals surface area contributed by atoms with E-state index in [1.54, 1.807) is 43.5 Å². The van der Waals surface area contributed by atoms with Gasteiger partial charge < -0.3 is 24.3 Å². The number of ketones is 1. The van der Waals surface area contributed by atoms with Gasteiger partial charge in [0.05, 0.1) is 12.7 Å². The number of hydrogen-bond acceptors (Lipinski definition) is 7. The summed E-state index contributed by atoms with van der Waals surface area (Å²) in [6.45, 7) is 0.578. The number of carbonyl (C=O) groups excluding carboxylic acids is 3. The number of esters is 1. The van der Waals surface area contributed by atoms with Gasteiger partial charge >= 0.3 is 5.97 Å². The van der Waals surface area contributed by atoms with Gasteiger partial charge in [0, 0.05) is 23.2 Å². The van der Waals surface area contributed by atoms with Gasteiger partial charge in [0.25, 0.3) is 5.91 Å². The molecular weight excluding hydrogens is 438 g/mol. The van der Waals surface area contributed by atoms with Crippen molar-refractivity contribution < 1.29 is 33.3 Å². The van der Waals surface area contributed by atoms with Gasteiger partial charge in [-0.2, -0.15) is 0 Å². The molecule has 0 saturated heterocycles. The summed E-state index contributed by atoms with van der Waals surface area (Å²) in [6.07, 6.45) is 0. The van der Waals surface area contributed by atoms with Gasteiger partial charge in [0.15, 0.2) is 23.9 Å². The number of rotatable bonds is 8. The summed E-state index contributed by atoms with van der Waals surface area (Å²) < 4.78 is 21.5. The van der Waals surface area contributed by atoms with Crippen LogP contribution >= 0.6 is 0 Å². The maximum absolute atomic E-state index is 13.1. The molecule has 0 spiro atoms. The molecule has 8 heteroatoms. The van der Waals surface area contributed by atoms with Crippen molar-refractivity contribution in [2.45, 2.75) is 6.54 Å². The van der Waals surface area contributed by atoms with Crippen LogP contribution < -0.4 is 19.5 Å². The molecule has 1 N–H and O–H groups in total. The highest BCUT2D eigenvalue weighted by atomic mass is 16.6. The van der Waals surface area contributed by atoms with Gasteiger partial charge in [-0.15, -0.1) is 0 Å². The molecular formula is C26H23NO7. The van der Waals surface area contributed by atoms with Crippen molar-refractivity contribution in [2.75, 3.05) is 26.9 Å². The fourth-order valence-corrected chi connectivity index (χ4v) is 3.50. The fraction of sp³-hybridized carbons (Fsp3) is 0.192. The second-order valence-electron chi connectivity index (χ2n) is 7.40. The van der Waals surface area contributed by atoms with Gasteiger partial charge in [-0.25, -0.2) is 4.79 Å². The van der Waals surface area contributed by atoms with Crippen LogP contribution in [0.4, 0.5) is 0 Å². The molecule has 1 aliphatic heterocycles. The smallest absolute Gasteiger partial charge is 0.339 e. The first-order valence-electron chi connectivity index (χ1n) is 10.7. The third-order valence-electron chi connectivity index (χ3n) is 5.20. The molecule has 174 valence electrons. The summed E-state index contributed by atoms with van der Waals surface area (Å²) >= 11 is 0. The third-order valence-corrected chi connectivity index (χ3v) is 5.20. The zero-order chi connectivity index (χ0) is 23.9. The molecule has 3 aromatic carbocycles. The first kappa shape index (κ1) is 22.8. The maximum Gasteiger partial charge on any atom is 0.339 e. The number of hydrogen-bond donors (Lipinski definition) is 1.